The van der Waals surface area contributed by atoms with Gasteiger partial charge in [-0.25, -0.2) is 9.59 Å². The molecule has 0 radical (unpaired) electrons. The molecule has 120 valence electrons. The number of hydrogen-bond acceptors (Lipinski definition) is 6. The highest BCUT2D eigenvalue weighted by Gasteiger charge is 2.41. The molecule has 0 aromatic heterocycles. The molecule has 1 unspecified atom stereocenters. The Bertz CT molecular complexity index is 701. The smallest absolute Gasteiger partial charge is 0.508 e. The zero-order valence-corrected chi connectivity index (χ0v) is 12.6. The molecule has 0 bridgehead atoms. The van der Waals surface area contributed by atoms with Gasteiger partial charge in [0.05, 0.1) is 18.1 Å². The molecule has 6 heteroatoms. The molecule has 0 fully saturated rings. The Morgan fingerprint density at radius 1 is 1.35 bits per heavy atom. The van der Waals surface area contributed by atoms with Crippen LogP contribution >= 0.6 is 0 Å². The van der Waals surface area contributed by atoms with Crippen LogP contribution in [0.15, 0.2) is 53.0 Å². The topological polar surface area (TPSA) is 82.1 Å². The van der Waals surface area contributed by atoms with Crippen LogP contribution in [0, 0.1) is 0 Å². The number of allylic oxidation sites excluding steroid dienone is 2. The summed E-state index contributed by atoms with van der Waals surface area (Å²) in [7, 11) is 0. The number of cyclic esters (lactones) is 1. The maximum atomic E-state index is 12.1. The summed E-state index contributed by atoms with van der Waals surface area (Å²) in [6.45, 7) is 1.95. The van der Waals surface area contributed by atoms with Crippen molar-refractivity contribution in [3.05, 3.63) is 58.6 Å². The van der Waals surface area contributed by atoms with E-state index < -0.39 is 18.0 Å². The molecule has 23 heavy (non-hydrogen) atoms. The molecule has 0 saturated carbocycles. The number of hydrogen-bond donors (Lipinski definition) is 1. The first-order chi connectivity index (χ1) is 11.1. The van der Waals surface area contributed by atoms with E-state index in [2.05, 4.69) is 0 Å². The molecular formula is C17H16O6. The zero-order valence-electron chi connectivity index (χ0n) is 12.6. The van der Waals surface area contributed by atoms with Crippen molar-refractivity contribution >= 4 is 12.1 Å². The fraction of sp³-hybridized carbons (Fsp3) is 0.294. The van der Waals surface area contributed by atoms with Gasteiger partial charge in [-0.3, -0.25) is 0 Å². The fourth-order valence-electron chi connectivity index (χ4n) is 2.83. The number of rotatable bonds is 3. The van der Waals surface area contributed by atoms with Crippen LogP contribution in [0.5, 0.6) is 0 Å². The molecule has 1 N–H and O–H groups in total. The first kappa shape index (κ1) is 15.1. The average molecular weight is 316 g/mol. The van der Waals surface area contributed by atoms with Crippen LogP contribution < -0.4 is 0 Å². The number of carbonyl (C=O) groups excluding carboxylic acids is 2. The lowest BCUT2D eigenvalue weighted by Gasteiger charge is -2.25. The second-order valence-electron chi connectivity index (χ2n) is 5.21. The third kappa shape index (κ3) is 2.79. The summed E-state index contributed by atoms with van der Waals surface area (Å²) in [6.07, 6.45) is -0.788. The van der Waals surface area contributed by atoms with Gasteiger partial charge < -0.3 is 19.3 Å². The van der Waals surface area contributed by atoms with Crippen molar-refractivity contribution in [3.63, 3.8) is 0 Å². The minimum Gasteiger partial charge on any atom is -0.508 e. The second-order valence-corrected chi connectivity index (χ2v) is 5.21. The van der Waals surface area contributed by atoms with Crippen LogP contribution in [0.2, 0.25) is 0 Å². The number of carbonyl (C=O) groups is 2. The van der Waals surface area contributed by atoms with Gasteiger partial charge in [-0.2, -0.15) is 0 Å². The molecule has 0 saturated heterocycles. The number of aliphatic hydroxyl groups excluding tert-OH is 1. The van der Waals surface area contributed by atoms with Gasteiger partial charge in [-0.1, -0.05) is 30.3 Å². The van der Waals surface area contributed by atoms with E-state index in [1.165, 1.54) is 0 Å². The number of ether oxygens (including phenoxy) is 3. The summed E-state index contributed by atoms with van der Waals surface area (Å²) < 4.78 is 15.0. The first-order valence-corrected chi connectivity index (χ1v) is 7.32. The van der Waals surface area contributed by atoms with Crippen molar-refractivity contribution in [2.24, 2.45) is 0 Å². The summed E-state index contributed by atoms with van der Waals surface area (Å²) in [5.74, 6) is -1.21. The Morgan fingerprint density at radius 2 is 2.09 bits per heavy atom. The standard InChI is InChI=1S/C17H16O6/c1-2-21-17(20)23-15-12(18)8-11-9-22-16(19)14(11)13(15)10-6-4-3-5-7-10/h3-7,13,18H,2,8-9H2,1H3. The van der Waals surface area contributed by atoms with Crippen LogP contribution in [0.25, 0.3) is 0 Å². The van der Waals surface area contributed by atoms with Gasteiger partial charge in [0.2, 0.25) is 0 Å². The van der Waals surface area contributed by atoms with Crippen LogP contribution in [0.3, 0.4) is 0 Å². The lowest BCUT2D eigenvalue weighted by Crippen LogP contribution is -2.22. The van der Waals surface area contributed by atoms with Gasteiger partial charge in [-0.15, -0.1) is 0 Å². The van der Waals surface area contributed by atoms with Crippen LogP contribution in [0.1, 0.15) is 24.8 Å². The second kappa shape index (κ2) is 6.16. The Balaban J connectivity index is 2.03. The zero-order chi connectivity index (χ0) is 16.4. The summed E-state index contributed by atoms with van der Waals surface area (Å²) >= 11 is 0. The molecular weight excluding hydrogens is 300 g/mol. The number of aliphatic hydroxyl groups is 1. The molecule has 1 aliphatic carbocycles. The van der Waals surface area contributed by atoms with Crippen molar-refractivity contribution in [2.45, 2.75) is 19.3 Å². The molecule has 1 aromatic rings. The van der Waals surface area contributed by atoms with Crippen molar-refractivity contribution in [2.75, 3.05) is 13.2 Å². The summed E-state index contributed by atoms with van der Waals surface area (Å²) in [4.78, 5) is 23.8. The van der Waals surface area contributed by atoms with Crippen molar-refractivity contribution in [3.8, 4) is 0 Å². The highest BCUT2D eigenvalue weighted by atomic mass is 16.7. The highest BCUT2D eigenvalue weighted by molar-refractivity contribution is 5.95. The summed E-state index contributed by atoms with van der Waals surface area (Å²) in [5, 5.41) is 10.3. The molecule has 6 nitrogen and oxygen atoms in total. The maximum absolute atomic E-state index is 12.1. The van der Waals surface area contributed by atoms with E-state index in [-0.39, 0.29) is 31.2 Å². The van der Waals surface area contributed by atoms with Crippen molar-refractivity contribution in [1.82, 2.24) is 0 Å². The van der Waals surface area contributed by atoms with Crippen molar-refractivity contribution < 1.29 is 28.9 Å². The monoisotopic (exact) mass is 316 g/mol. The van der Waals surface area contributed by atoms with Gasteiger partial charge in [0.25, 0.3) is 0 Å². The van der Waals surface area contributed by atoms with Gasteiger partial charge in [0, 0.05) is 6.42 Å². The molecule has 3 rings (SSSR count). The predicted molar refractivity (Wildman–Crippen MR) is 79.5 cm³/mol. The molecule has 1 atom stereocenters. The first-order valence-electron chi connectivity index (χ1n) is 7.32. The Morgan fingerprint density at radius 3 is 2.78 bits per heavy atom. The van der Waals surface area contributed by atoms with E-state index in [1.807, 2.05) is 18.2 Å². The lowest BCUT2D eigenvalue weighted by atomic mass is 9.82. The Kier molecular flexibility index (Phi) is 4.06. The largest absolute Gasteiger partial charge is 0.513 e. The molecule has 0 spiro atoms. The van der Waals surface area contributed by atoms with Gasteiger partial charge in [0.1, 0.15) is 12.4 Å². The fourth-order valence-corrected chi connectivity index (χ4v) is 2.83. The van der Waals surface area contributed by atoms with E-state index in [0.717, 1.165) is 5.56 Å². The normalized spacial score (nSPS) is 20.2. The van der Waals surface area contributed by atoms with E-state index in [1.54, 1.807) is 19.1 Å². The SMILES string of the molecule is CCOC(=O)OC1=C(O)CC2=C(C(=O)OC2)C1c1ccccc1. The third-order valence-corrected chi connectivity index (χ3v) is 3.78. The van der Waals surface area contributed by atoms with E-state index in [0.29, 0.717) is 11.1 Å². The molecule has 1 aliphatic heterocycles. The van der Waals surface area contributed by atoms with Gasteiger partial charge in [-0.05, 0) is 18.1 Å². The third-order valence-electron chi connectivity index (χ3n) is 3.78. The summed E-state index contributed by atoms with van der Waals surface area (Å²) in [6, 6.07) is 9.05. The Hall–Kier alpha value is -2.76. The van der Waals surface area contributed by atoms with Crippen LogP contribution in [-0.2, 0) is 19.0 Å². The molecule has 1 aromatic carbocycles. The van der Waals surface area contributed by atoms with Crippen LogP contribution in [-0.4, -0.2) is 30.4 Å². The van der Waals surface area contributed by atoms with E-state index in [4.69, 9.17) is 14.2 Å². The van der Waals surface area contributed by atoms with Gasteiger partial charge in [0.15, 0.2) is 5.76 Å². The minimum atomic E-state index is -0.912. The maximum Gasteiger partial charge on any atom is 0.513 e. The summed E-state index contributed by atoms with van der Waals surface area (Å²) in [5.41, 5.74) is 1.86. The highest BCUT2D eigenvalue weighted by Crippen LogP contribution is 2.44. The quantitative estimate of drug-likeness (QED) is 0.863. The van der Waals surface area contributed by atoms with E-state index >= 15 is 0 Å². The predicted octanol–water partition coefficient (Wildman–Crippen LogP) is 2.97. The molecule has 2 aliphatic rings. The van der Waals surface area contributed by atoms with Crippen molar-refractivity contribution in [1.29, 1.82) is 0 Å². The number of esters is 1. The van der Waals surface area contributed by atoms with E-state index in [9.17, 15) is 14.7 Å². The minimum absolute atomic E-state index is 0.0206. The van der Waals surface area contributed by atoms with Crippen LogP contribution in [0.4, 0.5) is 4.79 Å². The average Bonchev–Trinajstić information content (AvgIpc) is 2.90. The Labute approximate surface area is 133 Å². The lowest BCUT2D eigenvalue weighted by molar-refractivity contribution is -0.136. The van der Waals surface area contributed by atoms with Gasteiger partial charge >= 0.3 is 12.1 Å². The molecule has 1 heterocycles. The molecule has 0 amide bonds. The number of benzene rings is 1.